The number of phosphoric acid groups is 1. The molecule has 0 bridgehead atoms. The first-order valence-corrected chi connectivity index (χ1v) is 7.06. The van der Waals surface area contributed by atoms with Gasteiger partial charge in [0, 0.05) is 20.3 Å². The Morgan fingerprint density at radius 2 is 1.71 bits per heavy atom. The standard InChI is InChI=1S/C5H12F3O4PSi/c1-10-13(9,11-2)12-4-3-5-14(6,7)8/h3-5H2,1-2H3. The molecule has 4 nitrogen and oxygen atoms in total. The van der Waals surface area contributed by atoms with E-state index >= 15 is 0 Å². The van der Waals surface area contributed by atoms with Crippen LogP contribution in [0, 0.1) is 0 Å². The summed E-state index contributed by atoms with van der Waals surface area (Å²) in [5.74, 6) is 0. The second kappa shape index (κ2) is 5.87. The molecule has 0 saturated heterocycles. The van der Waals surface area contributed by atoms with Gasteiger partial charge in [-0.15, -0.1) is 0 Å². The predicted molar refractivity (Wildman–Crippen MR) is 46.1 cm³/mol. The SMILES string of the molecule is COP(=O)(OC)OCCC[Si](F)(F)F. The zero-order chi connectivity index (χ0) is 11.2. The summed E-state index contributed by atoms with van der Waals surface area (Å²) >= 11 is 0. The van der Waals surface area contributed by atoms with Gasteiger partial charge in [0.2, 0.25) is 0 Å². The monoisotopic (exact) mass is 252 g/mol. The van der Waals surface area contributed by atoms with Gasteiger partial charge >= 0.3 is 16.9 Å². The van der Waals surface area contributed by atoms with Gasteiger partial charge in [-0.1, -0.05) is 0 Å². The van der Waals surface area contributed by atoms with Gasteiger partial charge in [0.15, 0.2) is 0 Å². The number of phosphoric ester groups is 1. The fourth-order valence-electron chi connectivity index (χ4n) is 0.629. The van der Waals surface area contributed by atoms with Crippen LogP contribution >= 0.6 is 7.82 Å². The molecule has 0 aliphatic rings. The molecule has 0 heterocycles. The molecule has 0 saturated carbocycles. The van der Waals surface area contributed by atoms with Crippen LogP contribution in [-0.2, 0) is 18.1 Å². The van der Waals surface area contributed by atoms with Crippen LogP contribution in [-0.4, -0.2) is 29.9 Å². The Bertz CT molecular complexity index is 202. The zero-order valence-corrected chi connectivity index (χ0v) is 9.73. The van der Waals surface area contributed by atoms with E-state index in [4.69, 9.17) is 0 Å². The van der Waals surface area contributed by atoms with Gasteiger partial charge in [-0.05, 0) is 6.42 Å². The lowest BCUT2D eigenvalue weighted by molar-refractivity contribution is 0.151. The highest BCUT2D eigenvalue weighted by molar-refractivity contribution is 7.48. The van der Waals surface area contributed by atoms with Crippen molar-refractivity contribution in [2.75, 3.05) is 20.8 Å². The van der Waals surface area contributed by atoms with Gasteiger partial charge in [0.05, 0.1) is 6.61 Å². The Morgan fingerprint density at radius 1 is 1.21 bits per heavy atom. The predicted octanol–water partition coefficient (Wildman–Crippen LogP) is 2.64. The molecule has 0 atom stereocenters. The second-order valence-electron chi connectivity index (χ2n) is 2.36. The van der Waals surface area contributed by atoms with E-state index in [0.29, 0.717) is 0 Å². The van der Waals surface area contributed by atoms with Crippen molar-refractivity contribution in [3.8, 4) is 0 Å². The van der Waals surface area contributed by atoms with Gasteiger partial charge in [0.1, 0.15) is 0 Å². The number of rotatable bonds is 7. The van der Waals surface area contributed by atoms with E-state index in [9.17, 15) is 16.9 Å². The maximum absolute atomic E-state index is 11.8. The average molecular weight is 252 g/mol. The van der Waals surface area contributed by atoms with Crippen LogP contribution in [0.15, 0.2) is 0 Å². The Kier molecular flexibility index (Phi) is 5.92. The van der Waals surface area contributed by atoms with Crippen LogP contribution in [0.3, 0.4) is 0 Å². The summed E-state index contributed by atoms with van der Waals surface area (Å²) in [6.45, 7) is -0.286. The minimum Gasteiger partial charge on any atom is -0.290 e. The molecule has 0 spiro atoms. The summed E-state index contributed by atoms with van der Waals surface area (Å²) < 4.78 is 59.8. The maximum Gasteiger partial charge on any atom is 0.616 e. The molecule has 86 valence electrons. The molecule has 0 aromatic carbocycles. The quantitative estimate of drug-likeness (QED) is 0.302. The summed E-state index contributed by atoms with van der Waals surface area (Å²) in [6, 6.07) is -0.847. The summed E-state index contributed by atoms with van der Waals surface area (Å²) in [6.07, 6.45) is -0.216. The molecule has 0 amide bonds. The van der Waals surface area contributed by atoms with Crippen LogP contribution in [0.4, 0.5) is 12.3 Å². The summed E-state index contributed by atoms with van der Waals surface area (Å²) in [4.78, 5) is 0. The molecular formula is C5H12F3O4PSi. The molecule has 0 aliphatic carbocycles. The Hall–Kier alpha value is 0.117. The minimum absolute atomic E-state index is 0.216. The zero-order valence-electron chi connectivity index (χ0n) is 7.84. The molecule has 0 aliphatic heterocycles. The van der Waals surface area contributed by atoms with Crippen molar-refractivity contribution in [1.82, 2.24) is 0 Å². The lowest BCUT2D eigenvalue weighted by Crippen LogP contribution is -2.14. The van der Waals surface area contributed by atoms with Gasteiger partial charge in [0.25, 0.3) is 0 Å². The molecule has 14 heavy (non-hydrogen) atoms. The Labute approximate surface area is 81.5 Å². The Balaban J connectivity index is 3.69. The first kappa shape index (κ1) is 14.1. The molecular weight excluding hydrogens is 240 g/mol. The summed E-state index contributed by atoms with van der Waals surface area (Å²) in [5, 5.41) is 0. The summed E-state index contributed by atoms with van der Waals surface area (Å²) in [7, 11) is -6.94. The van der Waals surface area contributed by atoms with Crippen LogP contribution in [0.5, 0.6) is 0 Å². The molecule has 0 radical (unpaired) electrons. The van der Waals surface area contributed by atoms with Crippen LogP contribution in [0.2, 0.25) is 6.04 Å². The van der Waals surface area contributed by atoms with E-state index < -0.39 is 22.9 Å². The van der Waals surface area contributed by atoms with Crippen molar-refractivity contribution in [2.45, 2.75) is 12.5 Å². The third kappa shape index (κ3) is 6.55. The van der Waals surface area contributed by atoms with E-state index in [1.807, 2.05) is 0 Å². The molecule has 0 rings (SSSR count). The van der Waals surface area contributed by atoms with Crippen LogP contribution < -0.4 is 0 Å². The Morgan fingerprint density at radius 3 is 2.07 bits per heavy atom. The molecule has 0 aromatic heterocycles. The maximum atomic E-state index is 11.8. The van der Waals surface area contributed by atoms with Crippen molar-refractivity contribution in [1.29, 1.82) is 0 Å². The van der Waals surface area contributed by atoms with E-state index in [1.54, 1.807) is 0 Å². The van der Waals surface area contributed by atoms with Crippen molar-refractivity contribution < 1.29 is 30.5 Å². The first-order chi connectivity index (χ1) is 6.33. The largest absolute Gasteiger partial charge is 0.616 e. The lowest BCUT2D eigenvalue weighted by Gasteiger charge is -2.12. The van der Waals surface area contributed by atoms with E-state index in [1.165, 1.54) is 0 Å². The molecule has 0 N–H and O–H groups in total. The minimum atomic E-state index is -5.53. The number of halogens is 3. The summed E-state index contributed by atoms with van der Waals surface area (Å²) in [5.41, 5.74) is 0. The average Bonchev–Trinajstić information content (AvgIpc) is 2.11. The van der Waals surface area contributed by atoms with E-state index in [2.05, 4.69) is 13.6 Å². The molecule has 0 aromatic rings. The highest BCUT2D eigenvalue weighted by atomic mass is 31.2. The van der Waals surface area contributed by atoms with Gasteiger partial charge in [-0.25, -0.2) is 16.9 Å². The highest BCUT2D eigenvalue weighted by Gasteiger charge is 2.35. The molecule has 0 unspecified atom stereocenters. The fraction of sp³-hybridized carbons (Fsp3) is 1.00. The molecule has 9 heteroatoms. The third-order valence-electron chi connectivity index (χ3n) is 1.30. The van der Waals surface area contributed by atoms with E-state index in [0.717, 1.165) is 14.2 Å². The number of hydrogen-bond donors (Lipinski definition) is 0. The van der Waals surface area contributed by atoms with Crippen molar-refractivity contribution in [2.24, 2.45) is 0 Å². The normalized spacial score (nSPS) is 13.2. The van der Waals surface area contributed by atoms with Crippen LogP contribution in [0.25, 0.3) is 0 Å². The third-order valence-corrected chi connectivity index (χ3v) is 3.61. The fourth-order valence-corrected chi connectivity index (χ4v) is 1.89. The second-order valence-corrected chi connectivity index (χ2v) is 5.98. The van der Waals surface area contributed by atoms with Crippen molar-refractivity contribution >= 4 is 16.9 Å². The first-order valence-electron chi connectivity index (χ1n) is 3.76. The van der Waals surface area contributed by atoms with E-state index in [-0.39, 0.29) is 13.0 Å². The topological polar surface area (TPSA) is 44.8 Å². The van der Waals surface area contributed by atoms with Crippen molar-refractivity contribution in [3.05, 3.63) is 0 Å². The number of hydrogen-bond acceptors (Lipinski definition) is 4. The van der Waals surface area contributed by atoms with Crippen molar-refractivity contribution in [3.63, 3.8) is 0 Å². The molecule has 0 fully saturated rings. The van der Waals surface area contributed by atoms with Crippen LogP contribution in [0.1, 0.15) is 6.42 Å². The highest BCUT2D eigenvalue weighted by Crippen LogP contribution is 2.47. The van der Waals surface area contributed by atoms with Gasteiger partial charge < -0.3 is 0 Å². The lowest BCUT2D eigenvalue weighted by atomic mass is 10.5. The van der Waals surface area contributed by atoms with Gasteiger partial charge in [-0.3, -0.25) is 13.6 Å². The van der Waals surface area contributed by atoms with Gasteiger partial charge in [-0.2, -0.15) is 0 Å². The smallest absolute Gasteiger partial charge is 0.290 e.